The normalized spacial score (nSPS) is 11.1. The van der Waals surface area contributed by atoms with Gasteiger partial charge in [0.25, 0.3) is 0 Å². The van der Waals surface area contributed by atoms with Crippen molar-refractivity contribution in [1.82, 2.24) is 14.5 Å². The highest BCUT2D eigenvalue weighted by atomic mass is 79.9. The molecule has 0 aromatic carbocycles. The monoisotopic (exact) mass is 292 g/mol. The number of halogens is 1. The van der Waals surface area contributed by atoms with E-state index >= 15 is 0 Å². The van der Waals surface area contributed by atoms with Crippen LogP contribution in [0.4, 0.5) is 5.95 Å². The molecule has 3 heterocycles. The third-order valence-corrected chi connectivity index (χ3v) is 2.94. The number of aromatic nitrogens is 3. The molecule has 0 spiro atoms. The molecule has 17 heavy (non-hydrogen) atoms. The van der Waals surface area contributed by atoms with Crippen molar-refractivity contribution < 1.29 is 4.42 Å². The van der Waals surface area contributed by atoms with E-state index in [0.29, 0.717) is 12.5 Å². The van der Waals surface area contributed by atoms with Gasteiger partial charge in [0.15, 0.2) is 5.65 Å². The quantitative estimate of drug-likeness (QED) is 0.787. The second-order valence-corrected chi connectivity index (χ2v) is 4.60. The number of fused-ring (bicyclic) bond motifs is 1. The summed E-state index contributed by atoms with van der Waals surface area (Å²) in [5.41, 5.74) is 8.46. The molecule has 5 nitrogen and oxygen atoms in total. The fourth-order valence-corrected chi connectivity index (χ4v) is 2.04. The summed E-state index contributed by atoms with van der Waals surface area (Å²) in [6.07, 6.45) is 5.05. The summed E-state index contributed by atoms with van der Waals surface area (Å²) in [5, 5.41) is 0. The molecule has 0 saturated heterocycles. The maximum Gasteiger partial charge on any atom is 0.202 e. The van der Waals surface area contributed by atoms with Crippen molar-refractivity contribution in [2.75, 3.05) is 5.73 Å². The highest BCUT2D eigenvalue weighted by molar-refractivity contribution is 9.10. The number of rotatable bonds is 2. The van der Waals surface area contributed by atoms with E-state index in [1.807, 2.05) is 16.7 Å². The zero-order valence-electron chi connectivity index (χ0n) is 8.80. The van der Waals surface area contributed by atoms with E-state index < -0.39 is 0 Å². The number of furan rings is 1. The maximum atomic E-state index is 5.89. The topological polar surface area (TPSA) is 69.9 Å². The lowest BCUT2D eigenvalue weighted by atomic mass is 10.3. The van der Waals surface area contributed by atoms with Crippen LogP contribution in [0.5, 0.6) is 0 Å². The molecule has 0 amide bonds. The van der Waals surface area contributed by atoms with E-state index in [1.54, 1.807) is 18.7 Å². The summed E-state index contributed by atoms with van der Waals surface area (Å²) < 4.78 is 7.77. The van der Waals surface area contributed by atoms with E-state index in [4.69, 9.17) is 10.2 Å². The minimum atomic E-state index is 0.451. The third kappa shape index (κ3) is 1.80. The Morgan fingerprint density at radius 2 is 2.35 bits per heavy atom. The lowest BCUT2D eigenvalue weighted by Gasteiger charge is -2.02. The molecule has 86 valence electrons. The average Bonchev–Trinajstić information content (AvgIpc) is 2.88. The zero-order valence-corrected chi connectivity index (χ0v) is 10.4. The van der Waals surface area contributed by atoms with E-state index in [9.17, 15) is 0 Å². The van der Waals surface area contributed by atoms with Crippen LogP contribution in [-0.4, -0.2) is 14.5 Å². The average molecular weight is 293 g/mol. The first-order valence-corrected chi connectivity index (χ1v) is 5.81. The van der Waals surface area contributed by atoms with Crippen LogP contribution in [0, 0.1) is 0 Å². The summed E-state index contributed by atoms with van der Waals surface area (Å²) in [7, 11) is 0. The predicted molar refractivity (Wildman–Crippen MR) is 67.5 cm³/mol. The summed E-state index contributed by atoms with van der Waals surface area (Å²) in [5.74, 6) is 0.451. The first-order chi connectivity index (χ1) is 8.24. The van der Waals surface area contributed by atoms with Crippen molar-refractivity contribution in [3.8, 4) is 0 Å². The van der Waals surface area contributed by atoms with E-state index in [1.165, 1.54) is 0 Å². The molecule has 3 rings (SSSR count). The van der Waals surface area contributed by atoms with E-state index in [2.05, 4.69) is 25.9 Å². The molecular formula is C11H9BrN4O. The smallest absolute Gasteiger partial charge is 0.202 e. The summed E-state index contributed by atoms with van der Waals surface area (Å²) in [4.78, 5) is 8.60. The van der Waals surface area contributed by atoms with Crippen molar-refractivity contribution in [1.29, 1.82) is 0 Å². The Kier molecular flexibility index (Phi) is 2.36. The second kappa shape index (κ2) is 3.89. The molecule has 2 N–H and O–H groups in total. The molecule has 3 aromatic heterocycles. The Hall–Kier alpha value is -1.82. The van der Waals surface area contributed by atoms with Gasteiger partial charge < -0.3 is 10.2 Å². The van der Waals surface area contributed by atoms with Gasteiger partial charge in [-0.25, -0.2) is 9.97 Å². The maximum absolute atomic E-state index is 5.89. The van der Waals surface area contributed by atoms with Gasteiger partial charge in [-0.2, -0.15) is 0 Å². The number of nitrogens with zero attached hydrogens (tertiary/aromatic N) is 3. The van der Waals surface area contributed by atoms with Gasteiger partial charge in [-0.05, 0) is 28.1 Å². The first kappa shape index (κ1) is 10.3. The van der Waals surface area contributed by atoms with Gasteiger partial charge in [-0.15, -0.1) is 0 Å². The molecule has 6 heteroatoms. The number of pyridine rings is 1. The SMILES string of the molecule is Nc1nc2cc(Br)cnc2n1Cc1ccoc1. The molecule has 0 radical (unpaired) electrons. The standard InChI is InChI=1S/C11H9BrN4O/c12-8-3-9-10(14-4-8)16(11(13)15-9)5-7-1-2-17-6-7/h1-4,6H,5H2,(H2,13,15). The fraction of sp³-hybridized carbons (Fsp3) is 0.0909. The number of hydrogen-bond acceptors (Lipinski definition) is 4. The Labute approximate surface area is 105 Å². The van der Waals surface area contributed by atoms with Crippen molar-refractivity contribution in [3.63, 3.8) is 0 Å². The van der Waals surface area contributed by atoms with Gasteiger partial charge in [0, 0.05) is 16.2 Å². The Morgan fingerprint density at radius 3 is 3.12 bits per heavy atom. The molecule has 0 aliphatic rings. The van der Waals surface area contributed by atoms with Crippen LogP contribution in [0.1, 0.15) is 5.56 Å². The Balaban J connectivity index is 2.12. The minimum absolute atomic E-state index is 0.451. The lowest BCUT2D eigenvalue weighted by Crippen LogP contribution is -2.04. The van der Waals surface area contributed by atoms with Crippen LogP contribution in [-0.2, 0) is 6.54 Å². The molecule has 0 aliphatic carbocycles. The second-order valence-electron chi connectivity index (χ2n) is 3.68. The van der Waals surface area contributed by atoms with Gasteiger partial charge in [-0.3, -0.25) is 4.57 Å². The summed E-state index contributed by atoms with van der Waals surface area (Å²) >= 11 is 3.36. The Bertz CT molecular complexity index is 659. The van der Waals surface area contributed by atoms with Gasteiger partial charge in [0.1, 0.15) is 5.52 Å². The first-order valence-electron chi connectivity index (χ1n) is 5.02. The van der Waals surface area contributed by atoms with Crippen molar-refractivity contribution >= 4 is 33.0 Å². The lowest BCUT2D eigenvalue weighted by molar-refractivity contribution is 0.562. The van der Waals surface area contributed by atoms with Crippen LogP contribution >= 0.6 is 15.9 Å². The van der Waals surface area contributed by atoms with Crippen molar-refractivity contribution in [2.24, 2.45) is 0 Å². The summed E-state index contributed by atoms with van der Waals surface area (Å²) in [6, 6.07) is 3.79. The number of nitrogen functional groups attached to an aromatic ring is 1. The van der Waals surface area contributed by atoms with Crippen molar-refractivity contribution in [3.05, 3.63) is 40.9 Å². The molecular weight excluding hydrogens is 284 g/mol. The highest BCUT2D eigenvalue weighted by Crippen LogP contribution is 2.20. The van der Waals surface area contributed by atoms with E-state index in [-0.39, 0.29) is 0 Å². The summed E-state index contributed by atoms with van der Waals surface area (Å²) in [6.45, 7) is 0.605. The van der Waals surface area contributed by atoms with Gasteiger partial charge in [0.2, 0.25) is 5.95 Å². The predicted octanol–water partition coefficient (Wildman–Crippen LogP) is 2.42. The Morgan fingerprint density at radius 1 is 1.47 bits per heavy atom. The molecule has 0 aliphatic heterocycles. The number of hydrogen-bond donors (Lipinski definition) is 1. The fourth-order valence-electron chi connectivity index (χ4n) is 1.72. The molecule has 3 aromatic rings. The number of nitrogens with two attached hydrogens (primary N) is 1. The van der Waals surface area contributed by atoms with Crippen LogP contribution in [0.15, 0.2) is 39.7 Å². The van der Waals surface area contributed by atoms with Crippen LogP contribution in [0.3, 0.4) is 0 Å². The number of imidazole rings is 1. The van der Waals surface area contributed by atoms with Gasteiger partial charge >= 0.3 is 0 Å². The molecule has 0 fully saturated rings. The molecule has 0 saturated carbocycles. The molecule has 0 atom stereocenters. The van der Waals surface area contributed by atoms with Crippen molar-refractivity contribution in [2.45, 2.75) is 6.54 Å². The van der Waals surface area contributed by atoms with E-state index in [0.717, 1.165) is 21.2 Å². The highest BCUT2D eigenvalue weighted by Gasteiger charge is 2.10. The zero-order chi connectivity index (χ0) is 11.8. The minimum Gasteiger partial charge on any atom is -0.472 e. The van der Waals surface area contributed by atoms with Gasteiger partial charge in [0.05, 0.1) is 19.1 Å². The largest absolute Gasteiger partial charge is 0.472 e. The molecule has 0 bridgehead atoms. The van der Waals surface area contributed by atoms with Crippen LogP contribution in [0.25, 0.3) is 11.2 Å². The van der Waals surface area contributed by atoms with Crippen LogP contribution < -0.4 is 5.73 Å². The van der Waals surface area contributed by atoms with Gasteiger partial charge in [-0.1, -0.05) is 0 Å². The molecule has 0 unspecified atom stereocenters. The third-order valence-electron chi connectivity index (χ3n) is 2.50. The van der Waals surface area contributed by atoms with Crippen LogP contribution in [0.2, 0.25) is 0 Å². The number of anilines is 1.